The fourth-order valence-corrected chi connectivity index (χ4v) is 4.49. The third kappa shape index (κ3) is 8.06. The van der Waals surface area contributed by atoms with Crippen LogP contribution in [0.15, 0.2) is 36.4 Å². The molecule has 3 rings (SSSR count). The largest absolute Gasteiger partial charge is 0.492 e. The molecule has 38 heavy (non-hydrogen) atoms. The van der Waals surface area contributed by atoms with Crippen LogP contribution in [0.4, 0.5) is 0 Å². The molecule has 6 nitrogen and oxygen atoms in total. The lowest BCUT2D eigenvalue weighted by Gasteiger charge is -2.23. The summed E-state index contributed by atoms with van der Waals surface area (Å²) in [6, 6.07) is 13.2. The summed E-state index contributed by atoms with van der Waals surface area (Å²) in [6.07, 6.45) is 2.52. The van der Waals surface area contributed by atoms with E-state index in [-0.39, 0.29) is 5.41 Å². The van der Waals surface area contributed by atoms with Gasteiger partial charge in [0.25, 0.3) is 0 Å². The van der Waals surface area contributed by atoms with Crippen LogP contribution in [0.1, 0.15) is 51.7 Å². The number of benzene rings is 3. The van der Waals surface area contributed by atoms with E-state index < -0.39 is 0 Å². The zero-order chi connectivity index (χ0) is 27.4. The van der Waals surface area contributed by atoms with E-state index in [4.69, 9.17) is 28.4 Å². The molecule has 3 aromatic rings. The maximum absolute atomic E-state index is 6.54. The molecule has 0 amide bonds. The Hall–Kier alpha value is -2.38. The molecule has 6 heteroatoms. The summed E-state index contributed by atoms with van der Waals surface area (Å²) in [5, 5.41) is 4.40. The van der Waals surface area contributed by atoms with Crippen molar-refractivity contribution in [3.8, 4) is 11.5 Å². The van der Waals surface area contributed by atoms with Gasteiger partial charge in [-0.25, -0.2) is 0 Å². The van der Waals surface area contributed by atoms with Gasteiger partial charge in [0.2, 0.25) is 0 Å². The Morgan fingerprint density at radius 1 is 0.632 bits per heavy atom. The molecule has 0 fully saturated rings. The van der Waals surface area contributed by atoms with Crippen molar-refractivity contribution >= 4 is 21.5 Å². The normalized spacial score (nSPS) is 11.9. The minimum Gasteiger partial charge on any atom is -0.492 e. The highest BCUT2D eigenvalue weighted by atomic mass is 16.5. The summed E-state index contributed by atoms with van der Waals surface area (Å²) in [6.45, 7) is 13.7. The lowest BCUT2D eigenvalue weighted by Crippen LogP contribution is -2.11. The van der Waals surface area contributed by atoms with E-state index in [1.54, 1.807) is 14.2 Å². The molecule has 0 heterocycles. The molecule has 0 saturated heterocycles. The second-order valence-corrected chi connectivity index (χ2v) is 10.5. The fourth-order valence-electron chi connectivity index (χ4n) is 4.49. The van der Waals surface area contributed by atoms with E-state index in [9.17, 15) is 0 Å². The fraction of sp³-hybridized carbons (Fsp3) is 0.562. The SMILES string of the molecule is CCc1cccc2c(OCCCOCCOC)c3cc(C(C)(C)C)ccc3c(OCCCOCCOC)c12. The lowest BCUT2D eigenvalue weighted by atomic mass is 9.85. The Morgan fingerprint density at radius 3 is 1.84 bits per heavy atom. The molecule has 210 valence electrons. The van der Waals surface area contributed by atoms with Crippen LogP contribution in [-0.4, -0.2) is 67.1 Å². The highest BCUT2D eigenvalue weighted by Gasteiger charge is 2.21. The van der Waals surface area contributed by atoms with Crippen molar-refractivity contribution < 1.29 is 28.4 Å². The maximum Gasteiger partial charge on any atom is 0.135 e. The van der Waals surface area contributed by atoms with Gasteiger partial charge in [0.05, 0.1) is 39.6 Å². The first-order chi connectivity index (χ1) is 18.4. The van der Waals surface area contributed by atoms with Gasteiger partial charge in [-0.15, -0.1) is 0 Å². The van der Waals surface area contributed by atoms with E-state index in [0.717, 1.165) is 52.3 Å². The van der Waals surface area contributed by atoms with Crippen molar-refractivity contribution in [3.63, 3.8) is 0 Å². The predicted octanol–water partition coefficient (Wildman–Crippen LogP) is 6.72. The van der Waals surface area contributed by atoms with Gasteiger partial charge in [0.1, 0.15) is 11.5 Å². The van der Waals surface area contributed by atoms with Crippen LogP contribution in [-0.2, 0) is 30.8 Å². The van der Waals surface area contributed by atoms with Gasteiger partial charge < -0.3 is 28.4 Å². The van der Waals surface area contributed by atoms with Crippen LogP contribution in [0, 0.1) is 0 Å². The second kappa shape index (κ2) is 15.3. The van der Waals surface area contributed by atoms with Crippen molar-refractivity contribution in [1.82, 2.24) is 0 Å². The molecule has 0 unspecified atom stereocenters. The number of hydrogen-bond acceptors (Lipinski definition) is 6. The molecule has 3 aromatic carbocycles. The molecule has 0 N–H and O–H groups in total. The number of rotatable bonds is 17. The van der Waals surface area contributed by atoms with Gasteiger partial charge in [-0.3, -0.25) is 0 Å². The van der Waals surface area contributed by atoms with E-state index >= 15 is 0 Å². The number of methoxy groups -OCH3 is 2. The van der Waals surface area contributed by atoms with E-state index in [0.29, 0.717) is 52.9 Å². The van der Waals surface area contributed by atoms with Crippen LogP contribution in [0.3, 0.4) is 0 Å². The molecule has 0 bridgehead atoms. The molecular weight excluding hydrogens is 480 g/mol. The lowest BCUT2D eigenvalue weighted by molar-refractivity contribution is 0.0644. The molecule has 0 aromatic heterocycles. The molecule has 0 aliphatic carbocycles. The Bertz CT molecular complexity index is 1130. The minimum atomic E-state index is 0.0153. The second-order valence-electron chi connectivity index (χ2n) is 10.5. The summed E-state index contributed by atoms with van der Waals surface area (Å²) in [5.41, 5.74) is 2.53. The number of fused-ring (bicyclic) bond motifs is 2. The highest BCUT2D eigenvalue weighted by molar-refractivity contribution is 6.12. The van der Waals surface area contributed by atoms with E-state index in [2.05, 4.69) is 64.1 Å². The Balaban J connectivity index is 1.98. The van der Waals surface area contributed by atoms with Gasteiger partial charge in [0.15, 0.2) is 0 Å². The third-order valence-electron chi connectivity index (χ3n) is 6.60. The Kier molecular flexibility index (Phi) is 12.1. The van der Waals surface area contributed by atoms with Crippen molar-refractivity contribution in [1.29, 1.82) is 0 Å². The topological polar surface area (TPSA) is 55.4 Å². The highest BCUT2D eigenvalue weighted by Crippen LogP contribution is 2.45. The van der Waals surface area contributed by atoms with Gasteiger partial charge in [-0.1, -0.05) is 58.0 Å². The third-order valence-corrected chi connectivity index (χ3v) is 6.60. The van der Waals surface area contributed by atoms with Crippen LogP contribution in [0.5, 0.6) is 11.5 Å². The van der Waals surface area contributed by atoms with Gasteiger partial charge in [-0.05, 0) is 29.0 Å². The Labute approximate surface area is 228 Å². The quantitative estimate of drug-likeness (QED) is 0.144. The summed E-state index contributed by atoms with van der Waals surface area (Å²) in [7, 11) is 3.37. The molecule has 0 spiro atoms. The van der Waals surface area contributed by atoms with E-state index in [1.807, 2.05) is 0 Å². The van der Waals surface area contributed by atoms with Crippen molar-refractivity contribution in [2.45, 2.75) is 52.4 Å². The maximum atomic E-state index is 6.54. The summed E-state index contributed by atoms with van der Waals surface area (Å²) in [4.78, 5) is 0. The van der Waals surface area contributed by atoms with Crippen LogP contribution in [0.2, 0.25) is 0 Å². The van der Waals surface area contributed by atoms with Crippen molar-refractivity contribution in [2.24, 2.45) is 0 Å². The molecule has 0 aliphatic heterocycles. The monoisotopic (exact) mass is 526 g/mol. The van der Waals surface area contributed by atoms with Crippen LogP contribution < -0.4 is 9.47 Å². The summed E-state index contributed by atoms with van der Waals surface area (Å²) in [5.74, 6) is 1.85. The van der Waals surface area contributed by atoms with Crippen LogP contribution in [0.25, 0.3) is 21.5 Å². The minimum absolute atomic E-state index is 0.0153. The van der Waals surface area contributed by atoms with Gasteiger partial charge >= 0.3 is 0 Å². The Morgan fingerprint density at radius 2 is 1.26 bits per heavy atom. The molecule has 0 radical (unpaired) electrons. The molecular formula is C32H46O6. The first-order valence-electron chi connectivity index (χ1n) is 13.8. The first-order valence-corrected chi connectivity index (χ1v) is 13.8. The van der Waals surface area contributed by atoms with Gasteiger partial charge in [-0.2, -0.15) is 0 Å². The van der Waals surface area contributed by atoms with Crippen molar-refractivity contribution in [2.75, 3.05) is 67.1 Å². The first kappa shape index (κ1) is 30.2. The van der Waals surface area contributed by atoms with Gasteiger partial charge in [0, 0.05) is 61.8 Å². The predicted molar refractivity (Wildman–Crippen MR) is 155 cm³/mol. The average Bonchev–Trinajstić information content (AvgIpc) is 2.91. The molecule has 0 aliphatic rings. The average molecular weight is 527 g/mol. The summed E-state index contributed by atoms with van der Waals surface area (Å²) < 4.78 is 34.5. The number of aryl methyl sites for hydroxylation is 1. The van der Waals surface area contributed by atoms with Crippen LogP contribution >= 0.6 is 0 Å². The zero-order valence-corrected chi connectivity index (χ0v) is 24.2. The zero-order valence-electron chi connectivity index (χ0n) is 24.2. The standard InChI is InChI=1S/C32H46O6/c1-7-24-11-8-12-27-29(24)31(38-18-10-16-36-22-20-34-6)26-14-13-25(32(2,3)4)23-28(26)30(27)37-17-9-15-35-21-19-33-5/h8,11-14,23H,7,9-10,15-22H2,1-6H3. The number of ether oxygens (including phenoxy) is 6. The van der Waals surface area contributed by atoms with Crippen molar-refractivity contribution in [3.05, 3.63) is 47.5 Å². The summed E-state index contributed by atoms with van der Waals surface area (Å²) >= 11 is 0. The number of hydrogen-bond donors (Lipinski definition) is 0. The smallest absolute Gasteiger partial charge is 0.135 e. The molecule has 0 atom stereocenters. The van der Waals surface area contributed by atoms with E-state index in [1.165, 1.54) is 11.1 Å². The molecule has 0 saturated carbocycles.